The van der Waals surface area contributed by atoms with E-state index in [9.17, 15) is 4.21 Å². The van der Waals surface area contributed by atoms with Crippen LogP contribution in [-0.2, 0) is 16.6 Å². The molecule has 2 N–H and O–H groups in total. The lowest BCUT2D eigenvalue weighted by Crippen LogP contribution is -1.99. The molecule has 0 spiro atoms. The van der Waals surface area contributed by atoms with Gasteiger partial charge in [-0.25, -0.2) is 0 Å². The van der Waals surface area contributed by atoms with Crippen molar-refractivity contribution in [1.82, 2.24) is 0 Å². The number of nitrogens with two attached hydrogens (primary N) is 1. The third-order valence-electron chi connectivity index (χ3n) is 2.63. The molecule has 0 amide bonds. The average molecular weight is 296 g/mol. The second-order valence-corrected chi connectivity index (χ2v) is 5.86. The summed E-state index contributed by atoms with van der Waals surface area (Å²) in [7, 11) is 0.368. The number of halogens is 1. The maximum Gasteiger partial charge on any atom is 0.119 e. The van der Waals surface area contributed by atoms with E-state index in [1.165, 1.54) is 0 Å². The van der Waals surface area contributed by atoms with Gasteiger partial charge in [0.05, 0.1) is 33.6 Å². The Balaban J connectivity index is 2.23. The van der Waals surface area contributed by atoms with E-state index in [4.69, 9.17) is 22.1 Å². The fourth-order valence-electron chi connectivity index (χ4n) is 1.69. The van der Waals surface area contributed by atoms with Crippen molar-refractivity contribution in [2.75, 3.05) is 12.8 Å². The lowest BCUT2D eigenvalue weighted by atomic mass is 10.2. The first kappa shape index (κ1) is 13.9. The van der Waals surface area contributed by atoms with Crippen LogP contribution in [0.4, 0.5) is 5.69 Å². The summed E-state index contributed by atoms with van der Waals surface area (Å²) in [5, 5.41) is 0.468. The number of anilines is 1. The van der Waals surface area contributed by atoms with Gasteiger partial charge in [0, 0.05) is 5.69 Å². The van der Waals surface area contributed by atoms with E-state index in [0.29, 0.717) is 21.4 Å². The molecule has 0 bridgehead atoms. The molecule has 0 aromatic heterocycles. The first-order valence-corrected chi connectivity index (χ1v) is 7.36. The van der Waals surface area contributed by atoms with Crippen LogP contribution >= 0.6 is 11.6 Å². The molecule has 0 fully saturated rings. The Morgan fingerprint density at radius 1 is 1.26 bits per heavy atom. The lowest BCUT2D eigenvalue weighted by molar-refractivity contribution is 0.414. The smallest absolute Gasteiger partial charge is 0.119 e. The standard InChI is InChI=1S/C14H14ClNO2S/c1-18-12-4-2-3-10(7-12)9-19(17)14-8-11(16)5-6-13(14)15/h2-8H,9,16H2,1H3. The average Bonchev–Trinajstić information content (AvgIpc) is 2.41. The first-order valence-electron chi connectivity index (χ1n) is 5.66. The Morgan fingerprint density at radius 3 is 2.79 bits per heavy atom. The first-order chi connectivity index (χ1) is 9.10. The van der Waals surface area contributed by atoms with Crippen LogP contribution in [0, 0.1) is 0 Å². The molecular weight excluding hydrogens is 282 g/mol. The van der Waals surface area contributed by atoms with Crippen LogP contribution in [0.25, 0.3) is 0 Å². The van der Waals surface area contributed by atoms with Crippen molar-refractivity contribution in [3.8, 4) is 5.75 Å². The number of ether oxygens (including phenoxy) is 1. The molecule has 0 heterocycles. The molecular formula is C14H14ClNO2S. The number of hydrogen-bond donors (Lipinski definition) is 1. The van der Waals surface area contributed by atoms with E-state index < -0.39 is 10.8 Å². The van der Waals surface area contributed by atoms with Gasteiger partial charge in [0.2, 0.25) is 0 Å². The van der Waals surface area contributed by atoms with Gasteiger partial charge in [0.1, 0.15) is 5.75 Å². The summed E-state index contributed by atoms with van der Waals surface area (Å²) in [5.74, 6) is 1.12. The van der Waals surface area contributed by atoms with Crippen LogP contribution in [0.1, 0.15) is 5.56 Å². The zero-order valence-electron chi connectivity index (χ0n) is 10.4. The van der Waals surface area contributed by atoms with E-state index in [-0.39, 0.29) is 0 Å². The molecule has 0 saturated heterocycles. The molecule has 19 heavy (non-hydrogen) atoms. The highest BCUT2D eigenvalue weighted by Gasteiger charge is 2.10. The Morgan fingerprint density at radius 2 is 2.05 bits per heavy atom. The quantitative estimate of drug-likeness (QED) is 0.881. The molecule has 0 saturated carbocycles. The summed E-state index contributed by atoms with van der Waals surface area (Å²) < 4.78 is 17.5. The van der Waals surface area contributed by atoms with Crippen LogP contribution < -0.4 is 10.5 Å². The van der Waals surface area contributed by atoms with E-state index in [1.54, 1.807) is 25.3 Å². The monoisotopic (exact) mass is 295 g/mol. The van der Waals surface area contributed by atoms with Gasteiger partial charge in [0.25, 0.3) is 0 Å². The Kier molecular flexibility index (Phi) is 4.45. The number of rotatable bonds is 4. The van der Waals surface area contributed by atoms with Crippen LogP contribution in [0.5, 0.6) is 5.75 Å². The van der Waals surface area contributed by atoms with E-state index in [0.717, 1.165) is 11.3 Å². The molecule has 3 nitrogen and oxygen atoms in total. The van der Waals surface area contributed by atoms with Crippen molar-refractivity contribution in [3.63, 3.8) is 0 Å². The van der Waals surface area contributed by atoms with Gasteiger partial charge in [-0.15, -0.1) is 0 Å². The van der Waals surface area contributed by atoms with Crippen molar-refractivity contribution in [2.24, 2.45) is 0 Å². The lowest BCUT2D eigenvalue weighted by Gasteiger charge is -2.07. The molecule has 100 valence electrons. The molecule has 2 rings (SSSR count). The highest BCUT2D eigenvalue weighted by molar-refractivity contribution is 7.84. The number of benzene rings is 2. The summed E-state index contributed by atoms with van der Waals surface area (Å²) in [6, 6.07) is 12.5. The maximum absolute atomic E-state index is 12.3. The van der Waals surface area contributed by atoms with Crippen LogP contribution in [0.15, 0.2) is 47.4 Å². The molecule has 0 aliphatic rings. The zero-order valence-corrected chi connectivity index (χ0v) is 12.0. The van der Waals surface area contributed by atoms with Crippen molar-refractivity contribution in [2.45, 2.75) is 10.6 Å². The topological polar surface area (TPSA) is 52.3 Å². The molecule has 2 aromatic carbocycles. The fourth-order valence-corrected chi connectivity index (χ4v) is 3.25. The summed E-state index contributed by atoms with van der Waals surface area (Å²) in [5.41, 5.74) is 7.17. The highest BCUT2D eigenvalue weighted by atomic mass is 35.5. The van der Waals surface area contributed by atoms with Crippen LogP contribution in [0.2, 0.25) is 5.02 Å². The van der Waals surface area contributed by atoms with Gasteiger partial charge in [-0.3, -0.25) is 4.21 Å². The van der Waals surface area contributed by atoms with E-state index in [2.05, 4.69) is 0 Å². The van der Waals surface area contributed by atoms with Crippen LogP contribution in [0.3, 0.4) is 0 Å². The number of methoxy groups -OCH3 is 1. The normalized spacial score (nSPS) is 12.1. The van der Waals surface area contributed by atoms with Gasteiger partial charge >= 0.3 is 0 Å². The van der Waals surface area contributed by atoms with Crippen molar-refractivity contribution in [1.29, 1.82) is 0 Å². The largest absolute Gasteiger partial charge is 0.497 e. The highest BCUT2D eigenvalue weighted by Crippen LogP contribution is 2.25. The van der Waals surface area contributed by atoms with Crippen molar-refractivity contribution in [3.05, 3.63) is 53.1 Å². The Hall–Kier alpha value is -1.52. The van der Waals surface area contributed by atoms with E-state index >= 15 is 0 Å². The van der Waals surface area contributed by atoms with Gasteiger partial charge < -0.3 is 10.5 Å². The molecule has 5 heteroatoms. The molecule has 1 unspecified atom stereocenters. The van der Waals surface area contributed by atoms with Gasteiger partial charge in [-0.2, -0.15) is 0 Å². The van der Waals surface area contributed by atoms with Crippen molar-refractivity contribution >= 4 is 28.1 Å². The van der Waals surface area contributed by atoms with Crippen molar-refractivity contribution < 1.29 is 8.95 Å². The fraction of sp³-hybridized carbons (Fsp3) is 0.143. The minimum atomic E-state index is -1.23. The predicted molar refractivity (Wildman–Crippen MR) is 79.0 cm³/mol. The number of nitrogen functional groups attached to an aromatic ring is 1. The molecule has 2 aromatic rings. The minimum absolute atomic E-state index is 0.375. The molecule has 0 aliphatic carbocycles. The summed E-state index contributed by atoms with van der Waals surface area (Å²) >= 11 is 6.04. The van der Waals surface area contributed by atoms with Gasteiger partial charge in [-0.1, -0.05) is 23.7 Å². The second-order valence-electron chi connectivity index (χ2n) is 4.03. The molecule has 0 aliphatic heterocycles. The second kappa shape index (κ2) is 6.08. The van der Waals surface area contributed by atoms with E-state index in [1.807, 2.05) is 24.3 Å². The molecule has 0 radical (unpaired) electrons. The minimum Gasteiger partial charge on any atom is -0.497 e. The summed E-state index contributed by atoms with van der Waals surface area (Å²) in [6.07, 6.45) is 0. The Labute approximate surface area is 119 Å². The number of hydrogen-bond acceptors (Lipinski definition) is 3. The third kappa shape index (κ3) is 3.49. The SMILES string of the molecule is COc1cccc(CS(=O)c2cc(N)ccc2Cl)c1. The van der Waals surface area contributed by atoms with Gasteiger partial charge in [-0.05, 0) is 35.9 Å². The summed E-state index contributed by atoms with van der Waals surface area (Å²) in [6.45, 7) is 0. The zero-order chi connectivity index (χ0) is 13.8. The van der Waals surface area contributed by atoms with Crippen LogP contribution in [-0.4, -0.2) is 11.3 Å². The third-order valence-corrected chi connectivity index (χ3v) is 4.50. The predicted octanol–water partition coefficient (Wildman–Crippen LogP) is 3.24. The maximum atomic E-state index is 12.3. The summed E-state index contributed by atoms with van der Waals surface area (Å²) in [4.78, 5) is 0.560. The van der Waals surface area contributed by atoms with Gasteiger partial charge in [0.15, 0.2) is 0 Å². The molecule has 1 atom stereocenters. The Bertz CT molecular complexity index is 616.